The van der Waals surface area contributed by atoms with E-state index in [2.05, 4.69) is 4.89 Å². The molecule has 20 heavy (non-hydrogen) atoms. The molecule has 0 aromatic rings. The van der Waals surface area contributed by atoms with Crippen LogP contribution in [0.3, 0.4) is 0 Å². The maximum absolute atomic E-state index is 13.3. The van der Waals surface area contributed by atoms with Gasteiger partial charge in [0.25, 0.3) is 0 Å². The molecule has 0 aromatic heterocycles. The molecule has 0 bridgehead atoms. The highest BCUT2D eigenvalue weighted by molar-refractivity contribution is 5.25. The highest BCUT2D eigenvalue weighted by Crippen LogP contribution is 2.58. The number of rotatable bonds is 5. The van der Waals surface area contributed by atoms with Crippen LogP contribution in [0.25, 0.3) is 0 Å². The third-order valence-corrected chi connectivity index (χ3v) is 2.05. The Morgan fingerprint density at radius 1 is 0.900 bits per heavy atom. The summed E-state index contributed by atoms with van der Waals surface area (Å²) in [5.41, 5.74) is -7.00. The molecule has 0 saturated heterocycles. The minimum Gasteiger partial charge on any atom is -0.345 e. The maximum atomic E-state index is 13.3. The fourth-order valence-corrected chi connectivity index (χ4v) is 1.02. The molecule has 0 aliphatic carbocycles. The van der Waals surface area contributed by atoms with Crippen LogP contribution in [-0.4, -0.2) is 28.9 Å². The molecule has 12 heteroatoms. The third kappa shape index (κ3) is 2.43. The van der Waals surface area contributed by atoms with Gasteiger partial charge in [-0.2, -0.15) is 30.7 Å². The van der Waals surface area contributed by atoms with Gasteiger partial charge >= 0.3 is 23.7 Å². The predicted octanol–water partition coefficient (Wildman–Crippen LogP) is 4.31. The summed E-state index contributed by atoms with van der Waals surface area (Å²) in [4.78, 5) is 2.56. The lowest BCUT2D eigenvalue weighted by Crippen LogP contribution is -2.66. The molecule has 1 atom stereocenters. The summed E-state index contributed by atoms with van der Waals surface area (Å²) in [7, 11) is 0. The van der Waals surface area contributed by atoms with Gasteiger partial charge in [-0.3, -0.25) is 0 Å². The molecule has 0 fully saturated rings. The zero-order chi connectivity index (χ0) is 16.6. The molecule has 0 saturated carbocycles. The van der Waals surface area contributed by atoms with Crippen LogP contribution in [-0.2, 0) is 4.89 Å². The molecule has 2 nitrogen and oxygen atoms in total. The van der Waals surface area contributed by atoms with Crippen LogP contribution in [0, 0.1) is 0 Å². The molecule has 0 amide bonds. The van der Waals surface area contributed by atoms with Crippen molar-refractivity contribution in [1.29, 1.82) is 0 Å². The molecular weight excluding hydrogens is 318 g/mol. The summed E-state index contributed by atoms with van der Waals surface area (Å²) in [5.74, 6) is -20.1. The van der Waals surface area contributed by atoms with Crippen LogP contribution in [0.15, 0.2) is 24.5 Å². The number of hydrogen-bond donors (Lipinski definition) is 1. The molecule has 0 radical (unpaired) electrons. The first-order valence-corrected chi connectivity index (χ1v) is 4.20. The molecule has 118 valence electrons. The van der Waals surface area contributed by atoms with E-state index >= 15 is 0 Å². The number of halogens is 10. The Hall–Kier alpha value is -1.46. The van der Waals surface area contributed by atoms with Crippen LogP contribution in [0.4, 0.5) is 43.9 Å². The van der Waals surface area contributed by atoms with Crippen molar-refractivity contribution in [3.63, 3.8) is 0 Å². The van der Waals surface area contributed by atoms with Crippen molar-refractivity contribution in [2.24, 2.45) is 0 Å². The van der Waals surface area contributed by atoms with Gasteiger partial charge in [-0.1, -0.05) is 6.58 Å². The number of alkyl halides is 8. The van der Waals surface area contributed by atoms with Crippen molar-refractivity contribution in [1.82, 2.24) is 0 Å². The van der Waals surface area contributed by atoms with Gasteiger partial charge in [0.15, 0.2) is 12.1 Å². The average Bonchev–Trinajstić information content (AvgIpc) is 2.25. The minimum absolute atomic E-state index is 1.17. The van der Waals surface area contributed by atoms with E-state index in [0.29, 0.717) is 0 Å². The Bertz CT molecular complexity index is 412. The van der Waals surface area contributed by atoms with Crippen molar-refractivity contribution in [2.75, 3.05) is 0 Å². The molecule has 0 rings (SSSR count). The molecule has 0 aliphatic heterocycles. The van der Waals surface area contributed by atoms with Gasteiger partial charge in [0.05, 0.1) is 0 Å². The third-order valence-electron chi connectivity index (χ3n) is 2.05. The van der Waals surface area contributed by atoms with Gasteiger partial charge in [-0.05, 0) is 0 Å². The van der Waals surface area contributed by atoms with Crippen molar-refractivity contribution >= 4 is 0 Å². The maximum Gasteiger partial charge on any atom is 0.435 e. The van der Waals surface area contributed by atoms with Crippen LogP contribution in [0.2, 0.25) is 0 Å². The van der Waals surface area contributed by atoms with Gasteiger partial charge in [0.1, 0.15) is 0 Å². The van der Waals surface area contributed by atoms with E-state index in [0.717, 1.165) is 0 Å². The summed E-state index contributed by atoms with van der Waals surface area (Å²) in [6.45, 7) is 1.61. The highest BCUT2D eigenvalue weighted by atomic mass is 19.4. The smallest absolute Gasteiger partial charge is 0.345 e. The fourth-order valence-electron chi connectivity index (χ4n) is 1.02. The Balaban J connectivity index is 6.36. The van der Waals surface area contributed by atoms with E-state index in [1.165, 1.54) is 0 Å². The summed E-state index contributed by atoms with van der Waals surface area (Å²) in [6, 6.07) is 0. The molecule has 0 aromatic carbocycles. The molecule has 0 heterocycles. The zero-order valence-electron chi connectivity index (χ0n) is 8.92. The zero-order valence-corrected chi connectivity index (χ0v) is 8.92. The molecule has 0 aliphatic rings. The summed E-state index contributed by atoms with van der Waals surface area (Å²) in [6.07, 6.45) is -8.27. The molecule has 1 N–H and O–H groups in total. The SMILES string of the molecule is C=C(F)C(F)(F)C(F)(C(F)(F)F)C(F)(F)/C(F)=C/OO. The lowest BCUT2D eigenvalue weighted by molar-refractivity contribution is -0.354. The number of hydrogen-bond acceptors (Lipinski definition) is 2. The second-order valence-electron chi connectivity index (χ2n) is 3.28. The van der Waals surface area contributed by atoms with E-state index in [1.54, 1.807) is 6.58 Å². The van der Waals surface area contributed by atoms with E-state index in [4.69, 9.17) is 5.26 Å². The largest absolute Gasteiger partial charge is 0.435 e. The highest BCUT2D eigenvalue weighted by Gasteiger charge is 2.85. The second-order valence-corrected chi connectivity index (χ2v) is 3.28. The molecule has 1 unspecified atom stereocenters. The van der Waals surface area contributed by atoms with Gasteiger partial charge < -0.3 is 4.89 Å². The fraction of sp³-hybridized carbons (Fsp3) is 0.500. The van der Waals surface area contributed by atoms with Crippen LogP contribution in [0.5, 0.6) is 0 Å². The van der Waals surface area contributed by atoms with E-state index in [1.807, 2.05) is 0 Å². The van der Waals surface area contributed by atoms with Crippen molar-refractivity contribution in [3.05, 3.63) is 24.5 Å². The topological polar surface area (TPSA) is 29.5 Å². The van der Waals surface area contributed by atoms with Gasteiger partial charge in [0, 0.05) is 0 Å². The van der Waals surface area contributed by atoms with Crippen molar-refractivity contribution < 1.29 is 54.0 Å². The lowest BCUT2D eigenvalue weighted by atomic mass is 9.88. The Labute approximate surface area is 103 Å². The Kier molecular flexibility index (Phi) is 4.77. The molecular formula is C8H4F10O2. The Morgan fingerprint density at radius 2 is 1.30 bits per heavy atom. The first-order chi connectivity index (χ1) is 8.67. The van der Waals surface area contributed by atoms with Gasteiger partial charge in [-0.15, -0.1) is 0 Å². The minimum atomic E-state index is -7.10. The first kappa shape index (κ1) is 18.5. The molecule has 0 spiro atoms. The number of allylic oxidation sites excluding steroid dienone is 2. The normalized spacial score (nSPS) is 17.6. The average molecular weight is 322 g/mol. The first-order valence-electron chi connectivity index (χ1n) is 4.20. The standard InChI is InChI=1S/C8H4F10O2/c1-3(9)5(11,12)7(15,8(16,17)18)6(13,14)4(10)2-20-19/h2,19H,1H2/b4-2-. The van der Waals surface area contributed by atoms with E-state index in [-0.39, 0.29) is 0 Å². The van der Waals surface area contributed by atoms with Crippen molar-refractivity contribution in [2.45, 2.75) is 23.7 Å². The van der Waals surface area contributed by atoms with E-state index in [9.17, 15) is 43.9 Å². The monoisotopic (exact) mass is 322 g/mol. The van der Waals surface area contributed by atoms with Crippen LogP contribution in [0.1, 0.15) is 0 Å². The predicted molar refractivity (Wildman–Crippen MR) is 42.9 cm³/mol. The Morgan fingerprint density at radius 3 is 1.55 bits per heavy atom. The quantitative estimate of drug-likeness (QED) is 0.354. The van der Waals surface area contributed by atoms with Gasteiger partial charge in [0.2, 0.25) is 5.83 Å². The summed E-state index contributed by atoms with van der Waals surface area (Å²) < 4.78 is 126. The summed E-state index contributed by atoms with van der Waals surface area (Å²) in [5, 5.41) is 7.55. The lowest BCUT2D eigenvalue weighted by Gasteiger charge is -2.38. The van der Waals surface area contributed by atoms with Crippen molar-refractivity contribution in [3.8, 4) is 0 Å². The van der Waals surface area contributed by atoms with Crippen LogP contribution < -0.4 is 0 Å². The van der Waals surface area contributed by atoms with E-state index < -0.39 is 41.6 Å². The second kappa shape index (κ2) is 5.14. The van der Waals surface area contributed by atoms with Gasteiger partial charge in [-0.25, -0.2) is 18.4 Å². The summed E-state index contributed by atoms with van der Waals surface area (Å²) >= 11 is 0. The van der Waals surface area contributed by atoms with Crippen LogP contribution >= 0.6 is 0 Å².